The first kappa shape index (κ1) is 20.1. The molecule has 0 aliphatic heterocycles. The lowest BCUT2D eigenvalue weighted by molar-refractivity contribution is -0.113. The maximum atomic E-state index is 12.6. The SMILES string of the molecule is Cc1ccc(-n2c(C)nnc2SCC(=O)Nc2cc(Cl)ccc2-n2cncn2)cc1. The lowest BCUT2D eigenvalue weighted by Crippen LogP contribution is -2.16. The lowest BCUT2D eigenvalue weighted by Gasteiger charge is -2.12. The van der Waals surface area contributed by atoms with Crippen molar-refractivity contribution < 1.29 is 4.79 Å². The summed E-state index contributed by atoms with van der Waals surface area (Å²) in [6.45, 7) is 3.92. The highest BCUT2D eigenvalue weighted by molar-refractivity contribution is 7.99. The Hall–Kier alpha value is -3.17. The van der Waals surface area contributed by atoms with Gasteiger partial charge in [-0.2, -0.15) is 5.10 Å². The number of carbonyl (C=O) groups is 1. The molecule has 4 rings (SSSR count). The number of rotatable bonds is 6. The van der Waals surface area contributed by atoms with Crippen molar-refractivity contribution in [2.45, 2.75) is 19.0 Å². The van der Waals surface area contributed by atoms with Gasteiger partial charge in [0.05, 0.1) is 17.1 Å². The second-order valence-electron chi connectivity index (χ2n) is 6.54. The van der Waals surface area contributed by atoms with Crippen LogP contribution in [0.1, 0.15) is 11.4 Å². The van der Waals surface area contributed by atoms with Gasteiger partial charge in [-0.15, -0.1) is 10.2 Å². The minimum atomic E-state index is -0.195. The molecular formula is C20H18ClN7OS. The van der Waals surface area contributed by atoms with Crippen LogP contribution in [0, 0.1) is 13.8 Å². The molecule has 0 bridgehead atoms. The average Bonchev–Trinajstić information content (AvgIpc) is 3.37. The summed E-state index contributed by atoms with van der Waals surface area (Å²) in [5.74, 6) is 0.720. The summed E-state index contributed by atoms with van der Waals surface area (Å²) in [4.78, 5) is 16.6. The van der Waals surface area contributed by atoms with E-state index in [1.165, 1.54) is 23.7 Å². The van der Waals surface area contributed by atoms with E-state index in [0.717, 1.165) is 11.5 Å². The molecule has 10 heteroatoms. The second kappa shape index (κ2) is 8.68. The van der Waals surface area contributed by atoms with Gasteiger partial charge < -0.3 is 5.32 Å². The molecule has 1 N–H and O–H groups in total. The number of carbonyl (C=O) groups excluding carboxylic acids is 1. The van der Waals surface area contributed by atoms with E-state index in [1.54, 1.807) is 29.2 Å². The molecule has 0 atom stereocenters. The molecule has 1 amide bonds. The number of halogens is 1. The predicted octanol–water partition coefficient (Wildman–Crippen LogP) is 3.85. The largest absolute Gasteiger partial charge is 0.323 e. The van der Waals surface area contributed by atoms with Gasteiger partial charge in [0.15, 0.2) is 5.16 Å². The molecule has 2 aromatic heterocycles. The van der Waals surface area contributed by atoms with Crippen LogP contribution >= 0.6 is 23.4 Å². The van der Waals surface area contributed by atoms with Crippen molar-refractivity contribution in [3.63, 3.8) is 0 Å². The summed E-state index contributed by atoms with van der Waals surface area (Å²) >= 11 is 7.43. The minimum absolute atomic E-state index is 0.160. The van der Waals surface area contributed by atoms with Crippen molar-refractivity contribution in [2.75, 3.05) is 11.1 Å². The van der Waals surface area contributed by atoms with Crippen LogP contribution < -0.4 is 5.32 Å². The highest BCUT2D eigenvalue weighted by Gasteiger charge is 2.15. The van der Waals surface area contributed by atoms with Gasteiger partial charge in [-0.1, -0.05) is 41.1 Å². The number of benzene rings is 2. The van der Waals surface area contributed by atoms with E-state index < -0.39 is 0 Å². The van der Waals surface area contributed by atoms with Crippen molar-refractivity contribution >= 4 is 35.0 Å². The van der Waals surface area contributed by atoms with Crippen LogP contribution in [0.5, 0.6) is 0 Å². The quantitative estimate of drug-likeness (QED) is 0.459. The van der Waals surface area contributed by atoms with Gasteiger partial charge in [-0.25, -0.2) is 9.67 Å². The van der Waals surface area contributed by atoms with Crippen LogP contribution in [-0.2, 0) is 4.79 Å². The zero-order valence-corrected chi connectivity index (χ0v) is 17.9. The Morgan fingerprint density at radius 3 is 2.67 bits per heavy atom. The number of nitrogens with zero attached hydrogens (tertiary/aromatic N) is 6. The van der Waals surface area contributed by atoms with E-state index in [2.05, 4.69) is 25.6 Å². The predicted molar refractivity (Wildman–Crippen MR) is 117 cm³/mol. The van der Waals surface area contributed by atoms with Crippen LogP contribution in [-0.4, -0.2) is 41.2 Å². The smallest absolute Gasteiger partial charge is 0.234 e. The standard InChI is InChI=1S/C20H18ClN7OS/c1-13-3-6-16(7-4-13)28-14(2)25-26-20(28)30-10-19(29)24-17-9-15(21)5-8-18(17)27-12-22-11-23-27/h3-9,11-12H,10H2,1-2H3,(H,24,29). The third-order valence-corrected chi connectivity index (χ3v) is 5.48. The van der Waals surface area contributed by atoms with Crippen LogP contribution in [0.25, 0.3) is 11.4 Å². The number of hydrogen-bond acceptors (Lipinski definition) is 6. The normalized spacial score (nSPS) is 10.9. The van der Waals surface area contributed by atoms with Crippen LogP contribution in [0.2, 0.25) is 5.02 Å². The van der Waals surface area contributed by atoms with Crippen molar-refractivity contribution in [1.82, 2.24) is 29.5 Å². The molecular weight excluding hydrogens is 422 g/mol. The van der Waals surface area contributed by atoms with E-state index in [0.29, 0.717) is 21.6 Å². The molecule has 0 fully saturated rings. The Morgan fingerprint density at radius 1 is 1.13 bits per heavy atom. The number of amides is 1. The number of anilines is 1. The fourth-order valence-electron chi connectivity index (χ4n) is 2.88. The Balaban J connectivity index is 1.50. The van der Waals surface area contributed by atoms with Crippen LogP contribution in [0.3, 0.4) is 0 Å². The van der Waals surface area contributed by atoms with Crippen molar-refractivity contribution in [2.24, 2.45) is 0 Å². The summed E-state index contributed by atoms with van der Waals surface area (Å²) in [6.07, 6.45) is 2.98. The maximum absolute atomic E-state index is 12.6. The molecule has 0 aliphatic rings. The first-order valence-electron chi connectivity index (χ1n) is 9.07. The first-order valence-corrected chi connectivity index (χ1v) is 10.4. The molecule has 8 nitrogen and oxygen atoms in total. The fraction of sp³-hybridized carbons (Fsp3) is 0.150. The van der Waals surface area contributed by atoms with Gasteiger partial charge in [0, 0.05) is 10.7 Å². The molecule has 30 heavy (non-hydrogen) atoms. The lowest BCUT2D eigenvalue weighted by atomic mass is 10.2. The molecule has 0 saturated heterocycles. The van der Waals surface area contributed by atoms with Gasteiger partial charge in [-0.3, -0.25) is 9.36 Å². The maximum Gasteiger partial charge on any atom is 0.234 e. The summed E-state index contributed by atoms with van der Waals surface area (Å²) in [5.41, 5.74) is 3.35. The topological polar surface area (TPSA) is 90.5 Å². The van der Waals surface area contributed by atoms with Crippen LogP contribution in [0.15, 0.2) is 60.3 Å². The third-order valence-electron chi connectivity index (χ3n) is 4.32. The number of nitrogens with one attached hydrogen (secondary N) is 1. The van der Waals surface area contributed by atoms with E-state index in [-0.39, 0.29) is 11.7 Å². The highest BCUT2D eigenvalue weighted by atomic mass is 35.5. The number of aromatic nitrogens is 6. The zero-order chi connectivity index (χ0) is 21.1. The Morgan fingerprint density at radius 2 is 1.93 bits per heavy atom. The van der Waals surface area contributed by atoms with Crippen molar-refractivity contribution in [3.05, 3.63) is 71.5 Å². The molecule has 4 aromatic rings. The van der Waals surface area contributed by atoms with E-state index in [1.807, 2.05) is 42.7 Å². The molecule has 152 valence electrons. The van der Waals surface area contributed by atoms with Gasteiger partial charge in [0.2, 0.25) is 5.91 Å². The Labute approximate surface area is 182 Å². The Kier molecular flexibility index (Phi) is 5.82. The Bertz CT molecular complexity index is 1170. The fourth-order valence-corrected chi connectivity index (χ4v) is 3.85. The van der Waals surface area contributed by atoms with E-state index in [4.69, 9.17) is 11.6 Å². The monoisotopic (exact) mass is 439 g/mol. The zero-order valence-electron chi connectivity index (χ0n) is 16.3. The average molecular weight is 440 g/mol. The van der Waals surface area contributed by atoms with Gasteiger partial charge >= 0.3 is 0 Å². The first-order chi connectivity index (χ1) is 14.5. The van der Waals surface area contributed by atoms with E-state index in [9.17, 15) is 4.79 Å². The summed E-state index contributed by atoms with van der Waals surface area (Å²) < 4.78 is 3.49. The number of aryl methyl sites for hydroxylation is 2. The molecule has 0 spiro atoms. The number of hydrogen-bond donors (Lipinski definition) is 1. The molecule has 0 aliphatic carbocycles. The van der Waals surface area contributed by atoms with Gasteiger partial charge in [0.25, 0.3) is 0 Å². The number of thioether (sulfide) groups is 1. The van der Waals surface area contributed by atoms with E-state index >= 15 is 0 Å². The second-order valence-corrected chi connectivity index (χ2v) is 7.92. The molecule has 0 radical (unpaired) electrons. The molecule has 2 heterocycles. The minimum Gasteiger partial charge on any atom is -0.323 e. The van der Waals surface area contributed by atoms with Crippen molar-refractivity contribution in [3.8, 4) is 11.4 Å². The van der Waals surface area contributed by atoms with Gasteiger partial charge in [-0.05, 0) is 44.2 Å². The summed E-state index contributed by atoms with van der Waals surface area (Å²) in [7, 11) is 0. The van der Waals surface area contributed by atoms with Crippen molar-refractivity contribution in [1.29, 1.82) is 0 Å². The van der Waals surface area contributed by atoms with Gasteiger partial charge in [0.1, 0.15) is 18.5 Å². The highest BCUT2D eigenvalue weighted by Crippen LogP contribution is 2.26. The molecule has 2 aromatic carbocycles. The van der Waals surface area contributed by atoms with Crippen LogP contribution in [0.4, 0.5) is 5.69 Å². The molecule has 0 unspecified atom stereocenters. The summed E-state index contributed by atoms with van der Waals surface area (Å²) in [5, 5.41) is 16.5. The summed E-state index contributed by atoms with van der Waals surface area (Å²) in [6, 6.07) is 13.3. The molecule has 0 saturated carbocycles. The third kappa shape index (κ3) is 4.37.